The zero-order valence-corrected chi connectivity index (χ0v) is 10.9. The Morgan fingerprint density at radius 3 is 3.16 bits per heavy atom. The number of thioether (sulfide) groups is 1. The van der Waals surface area contributed by atoms with Crippen molar-refractivity contribution in [3.63, 3.8) is 0 Å². The van der Waals surface area contributed by atoms with E-state index < -0.39 is 0 Å². The van der Waals surface area contributed by atoms with Gasteiger partial charge in [-0.1, -0.05) is 11.8 Å². The van der Waals surface area contributed by atoms with Crippen LogP contribution in [0.2, 0.25) is 0 Å². The van der Waals surface area contributed by atoms with Crippen LogP contribution in [0.1, 0.15) is 30.1 Å². The van der Waals surface area contributed by atoms with E-state index in [2.05, 4.69) is 15.2 Å². The summed E-state index contributed by atoms with van der Waals surface area (Å²) in [5.74, 6) is 0.661. The number of nitrogens with one attached hydrogen (secondary N) is 1. The third-order valence-corrected chi connectivity index (χ3v) is 3.91. The van der Waals surface area contributed by atoms with Gasteiger partial charge in [-0.25, -0.2) is 14.9 Å². The molecule has 1 fully saturated rings. The molecule has 0 atom stereocenters. The molecule has 0 spiro atoms. The summed E-state index contributed by atoms with van der Waals surface area (Å²) < 4.78 is 1.72. The maximum atomic E-state index is 11.6. The Morgan fingerprint density at radius 2 is 2.42 bits per heavy atom. The molecular formula is C12H11N5OS. The highest BCUT2D eigenvalue weighted by atomic mass is 32.2. The van der Waals surface area contributed by atoms with Gasteiger partial charge in [-0.2, -0.15) is 5.26 Å². The number of hydrogen-bond donors (Lipinski definition) is 1. The molecule has 0 radical (unpaired) electrons. The Bertz CT molecular complexity index is 695. The molecule has 0 aromatic carbocycles. The van der Waals surface area contributed by atoms with Crippen molar-refractivity contribution < 1.29 is 0 Å². The number of rotatable bonds is 4. The Kier molecular flexibility index (Phi) is 3.09. The van der Waals surface area contributed by atoms with Gasteiger partial charge in [0, 0.05) is 18.0 Å². The maximum Gasteiger partial charge on any atom is 0.344 e. The summed E-state index contributed by atoms with van der Waals surface area (Å²) in [4.78, 5) is 15.5. The van der Waals surface area contributed by atoms with E-state index in [0.29, 0.717) is 22.6 Å². The van der Waals surface area contributed by atoms with Crippen LogP contribution in [-0.4, -0.2) is 19.7 Å². The molecule has 19 heavy (non-hydrogen) atoms. The average Bonchev–Trinajstić information content (AvgIpc) is 3.20. The number of nitrogens with zero attached hydrogens (tertiary/aromatic N) is 4. The predicted octanol–water partition coefficient (Wildman–Crippen LogP) is 1.47. The van der Waals surface area contributed by atoms with Crippen LogP contribution in [0.3, 0.4) is 0 Å². The molecule has 2 aromatic heterocycles. The molecule has 6 nitrogen and oxygen atoms in total. The van der Waals surface area contributed by atoms with Gasteiger partial charge in [-0.15, -0.1) is 5.10 Å². The SMILES string of the molecule is N#Cc1cc(CSc2n[nH]c(=O)n2C2CC2)ccn1. The van der Waals surface area contributed by atoms with E-state index in [1.54, 1.807) is 16.8 Å². The second kappa shape index (κ2) is 4.90. The third-order valence-electron chi connectivity index (χ3n) is 2.89. The minimum absolute atomic E-state index is 0.141. The number of nitriles is 1. The summed E-state index contributed by atoms with van der Waals surface area (Å²) in [6.45, 7) is 0. The highest BCUT2D eigenvalue weighted by molar-refractivity contribution is 7.98. The van der Waals surface area contributed by atoms with E-state index in [9.17, 15) is 4.79 Å². The largest absolute Gasteiger partial charge is 0.344 e. The lowest BCUT2D eigenvalue weighted by molar-refractivity contribution is 0.642. The molecule has 0 amide bonds. The molecular weight excluding hydrogens is 262 g/mol. The quantitative estimate of drug-likeness (QED) is 0.852. The Morgan fingerprint density at radius 1 is 1.58 bits per heavy atom. The van der Waals surface area contributed by atoms with Crippen molar-refractivity contribution in [3.8, 4) is 6.07 Å². The van der Waals surface area contributed by atoms with E-state index in [1.165, 1.54) is 11.8 Å². The summed E-state index contributed by atoms with van der Waals surface area (Å²) in [5.41, 5.74) is 1.26. The lowest BCUT2D eigenvalue weighted by atomic mass is 10.2. The minimum atomic E-state index is -0.141. The molecule has 1 aliphatic carbocycles. The fraction of sp³-hybridized carbons (Fsp3) is 0.333. The first kappa shape index (κ1) is 12.0. The van der Waals surface area contributed by atoms with Crippen LogP contribution >= 0.6 is 11.8 Å². The summed E-state index contributed by atoms with van der Waals surface area (Å²) in [6.07, 6.45) is 3.70. The first-order chi connectivity index (χ1) is 9.28. The molecule has 1 saturated carbocycles. The lowest BCUT2D eigenvalue weighted by Gasteiger charge is -2.03. The zero-order chi connectivity index (χ0) is 13.2. The van der Waals surface area contributed by atoms with Crippen molar-refractivity contribution in [2.24, 2.45) is 0 Å². The highest BCUT2D eigenvalue weighted by Crippen LogP contribution is 2.36. The Hall–Kier alpha value is -2.07. The minimum Gasteiger partial charge on any atom is -0.267 e. The van der Waals surface area contributed by atoms with Gasteiger partial charge in [0.1, 0.15) is 11.8 Å². The van der Waals surface area contributed by atoms with Crippen LogP contribution in [-0.2, 0) is 5.75 Å². The number of aromatic nitrogens is 4. The maximum absolute atomic E-state index is 11.6. The first-order valence-electron chi connectivity index (χ1n) is 5.92. The monoisotopic (exact) mass is 273 g/mol. The van der Waals surface area contributed by atoms with Crippen LogP contribution in [0, 0.1) is 11.3 Å². The van der Waals surface area contributed by atoms with E-state index in [-0.39, 0.29) is 5.69 Å². The van der Waals surface area contributed by atoms with Gasteiger partial charge in [0.25, 0.3) is 0 Å². The highest BCUT2D eigenvalue weighted by Gasteiger charge is 2.28. The molecule has 0 aliphatic heterocycles. The first-order valence-corrected chi connectivity index (χ1v) is 6.91. The normalized spacial score (nSPS) is 14.3. The number of H-pyrrole nitrogens is 1. The van der Waals surface area contributed by atoms with Crippen molar-refractivity contribution in [1.82, 2.24) is 19.7 Å². The van der Waals surface area contributed by atoms with Gasteiger partial charge in [0.05, 0.1) is 0 Å². The average molecular weight is 273 g/mol. The predicted molar refractivity (Wildman–Crippen MR) is 69.6 cm³/mol. The molecule has 2 aromatic rings. The standard InChI is InChI=1S/C12H11N5OS/c13-6-9-5-8(3-4-14-9)7-19-12-16-15-11(18)17(12)10-1-2-10/h3-5,10H,1-2,7H2,(H,15,18). The van der Waals surface area contributed by atoms with Crippen molar-refractivity contribution in [2.75, 3.05) is 0 Å². The van der Waals surface area contributed by atoms with E-state index in [4.69, 9.17) is 5.26 Å². The molecule has 96 valence electrons. The number of aromatic amines is 1. The third kappa shape index (κ3) is 2.53. The van der Waals surface area contributed by atoms with E-state index >= 15 is 0 Å². The molecule has 7 heteroatoms. The summed E-state index contributed by atoms with van der Waals surface area (Å²) >= 11 is 1.49. The topological polar surface area (TPSA) is 87.4 Å². The van der Waals surface area contributed by atoms with Gasteiger partial charge in [-0.05, 0) is 30.5 Å². The summed E-state index contributed by atoms with van der Waals surface area (Å²) in [7, 11) is 0. The summed E-state index contributed by atoms with van der Waals surface area (Å²) in [5, 5.41) is 16.0. The van der Waals surface area contributed by atoms with Crippen LogP contribution < -0.4 is 5.69 Å². The van der Waals surface area contributed by atoms with Crippen molar-refractivity contribution in [1.29, 1.82) is 5.26 Å². The zero-order valence-electron chi connectivity index (χ0n) is 10.0. The van der Waals surface area contributed by atoms with E-state index in [0.717, 1.165) is 18.4 Å². The van der Waals surface area contributed by atoms with Gasteiger partial charge >= 0.3 is 5.69 Å². The second-order valence-corrected chi connectivity index (χ2v) is 5.30. The number of hydrogen-bond acceptors (Lipinski definition) is 5. The van der Waals surface area contributed by atoms with E-state index in [1.807, 2.05) is 12.1 Å². The Balaban J connectivity index is 1.76. The fourth-order valence-electron chi connectivity index (χ4n) is 1.82. The molecule has 0 bridgehead atoms. The van der Waals surface area contributed by atoms with Crippen LogP contribution in [0.15, 0.2) is 28.3 Å². The Labute approximate surface area is 113 Å². The molecule has 2 heterocycles. The van der Waals surface area contributed by atoms with Gasteiger partial charge in [-0.3, -0.25) is 4.57 Å². The molecule has 0 saturated heterocycles. The van der Waals surface area contributed by atoms with Crippen molar-refractivity contribution in [3.05, 3.63) is 40.1 Å². The van der Waals surface area contributed by atoms with Gasteiger partial charge < -0.3 is 0 Å². The molecule has 3 rings (SSSR count). The lowest BCUT2D eigenvalue weighted by Crippen LogP contribution is -2.16. The molecule has 1 aliphatic rings. The molecule has 0 unspecified atom stereocenters. The summed E-state index contributed by atoms with van der Waals surface area (Å²) in [6, 6.07) is 5.93. The van der Waals surface area contributed by atoms with Crippen LogP contribution in [0.25, 0.3) is 0 Å². The second-order valence-electron chi connectivity index (χ2n) is 4.36. The number of pyridine rings is 1. The van der Waals surface area contributed by atoms with Crippen molar-refractivity contribution in [2.45, 2.75) is 29.8 Å². The molecule has 1 N–H and O–H groups in total. The smallest absolute Gasteiger partial charge is 0.267 e. The van der Waals surface area contributed by atoms with Crippen LogP contribution in [0.4, 0.5) is 0 Å². The van der Waals surface area contributed by atoms with Crippen molar-refractivity contribution >= 4 is 11.8 Å². The van der Waals surface area contributed by atoms with Crippen LogP contribution in [0.5, 0.6) is 0 Å². The fourth-order valence-corrected chi connectivity index (χ4v) is 2.78. The van der Waals surface area contributed by atoms with Gasteiger partial charge in [0.15, 0.2) is 5.16 Å². The van der Waals surface area contributed by atoms with Gasteiger partial charge in [0.2, 0.25) is 0 Å².